The third-order valence-corrected chi connectivity index (χ3v) is 5.13. The van der Waals surface area contributed by atoms with Gasteiger partial charge in [-0.3, -0.25) is 9.10 Å². The Kier molecular flexibility index (Phi) is 7.35. The Morgan fingerprint density at radius 2 is 2.00 bits per heavy atom. The molecule has 1 amide bonds. The molecule has 0 aromatic heterocycles. The molecule has 0 radical (unpaired) electrons. The minimum Gasteiger partial charge on any atom is -0.495 e. The van der Waals surface area contributed by atoms with Crippen LogP contribution < -0.4 is 14.4 Å². The summed E-state index contributed by atoms with van der Waals surface area (Å²) in [6, 6.07) is 3.68. The number of methoxy groups -OCH3 is 1. The van der Waals surface area contributed by atoms with Gasteiger partial charge >= 0.3 is 0 Å². The van der Waals surface area contributed by atoms with Crippen molar-refractivity contribution in [2.24, 2.45) is 0 Å². The normalized spacial score (nSPS) is 13.9. The van der Waals surface area contributed by atoms with Crippen LogP contribution in [-0.4, -0.2) is 39.8 Å². The van der Waals surface area contributed by atoms with Crippen LogP contribution in [0.3, 0.4) is 0 Å². The fourth-order valence-electron chi connectivity index (χ4n) is 2.47. The van der Waals surface area contributed by atoms with E-state index in [2.05, 4.69) is 5.32 Å². The van der Waals surface area contributed by atoms with E-state index in [1.54, 1.807) is 19.1 Å². The average molecular weight is 377 g/mol. The summed E-state index contributed by atoms with van der Waals surface area (Å²) in [5, 5.41) is 3.11. The van der Waals surface area contributed by atoms with Crippen LogP contribution in [-0.2, 0) is 14.8 Å². The number of hydrogen-bond acceptors (Lipinski definition) is 4. The third kappa shape index (κ3) is 5.27. The number of hydrogen-bond donors (Lipinski definition) is 1. The molecule has 0 unspecified atom stereocenters. The van der Waals surface area contributed by atoms with Gasteiger partial charge in [0.05, 0.1) is 24.1 Å². The molecule has 0 heterocycles. The molecule has 1 N–H and O–H groups in total. The summed E-state index contributed by atoms with van der Waals surface area (Å²) in [5.41, 5.74) is 0.314. The number of anilines is 1. The summed E-state index contributed by atoms with van der Waals surface area (Å²) in [6.45, 7) is 5.46. The summed E-state index contributed by atoms with van der Waals surface area (Å²) < 4.78 is 30.6. The number of sulfonamides is 1. The van der Waals surface area contributed by atoms with Crippen molar-refractivity contribution in [2.45, 2.75) is 45.7 Å². The van der Waals surface area contributed by atoms with E-state index in [0.29, 0.717) is 11.4 Å². The monoisotopic (exact) mass is 376 g/mol. The Bertz CT molecular complexity index is 679. The molecule has 6 nitrogen and oxygen atoms in total. The molecule has 1 aromatic rings. The highest BCUT2D eigenvalue weighted by molar-refractivity contribution is 7.92. The predicted octanol–water partition coefficient (Wildman–Crippen LogP) is 2.81. The minimum absolute atomic E-state index is 0.0224. The van der Waals surface area contributed by atoms with Gasteiger partial charge in [-0.05, 0) is 38.5 Å². The van der Waals surface area contributed by atoms with E-state index in [-0.39, 0.29) is 17.0 Å². The highest BCUT2D eigenvalue weighted by Crippen LogP contribution is 2.31. The van der Waals surface area contributed by atoms with E-state index in [1.165, 1.54) is 13.2 Å². The van der Waals surface area contributed by atoms with E-state index in [9.17, 15) is 13.2 Å². The highest BCUT2D eigenvalue weighted by atomic mass is 35.5. The Labute approximate surface area is 149 Å². The maximum atomic E-state index is 12.4. The van der Waals surface area contributed by atoms with E-state index >= 15 is 0 Å². The molecule has 0 fully saturated rings. The van der Waals surface area contributed by atoms with Crippen molar-refractivity contribution in [3.63, 3.8) is 0 Å². The Hall–Kier alpha value is -1.47. The van der Waals surface area contributed by atoms with E-state index in [0.717, 1.165) is 23.4 Å². The molecule has 0 bridgehead atoms. The molecular weight excluding hydrogens is 352 g/mol. The van der Waals surface area contributed by atoms with E-state index in [4.69, 9.17) is 16.3 Å². The zero-order chi connectivity index (χ0) is 18.5. The maximum absolute atomic E-state index is 12.4. The van der Waals surface area contributed by atoms with Crippen LogP contribution in [0.5, 0.6) is 5.75 Å². The van der Waals surface area contributed by atoms with Gasteiger partial charge in [-0.2, -0.15) is 0 Å². The minimum atomic E-state index is -3.67. The standard InChI is InChI=1S/C16H25ClN2O4S/c1-6-7-11(2)18-16(20)12(3)19(24(5,21)22)13-8-9-15(23-4)14(17)10-13/h8-12H,6-7H2,1-5H3,(H,18,20)/t11-,12+/m1/s1. The van der Waals surface area contributed by atoms with Crippen molar-refractivity contribution in [1.29, 1.82) is 0 Å². The van der Waals surface area contributed by atoms with Gasteiger partial charge in [0.15, 0.2) is 0 Å². The largest absolute Gasteiger partial charge is 0.495 e. The van der Waals surface area contributed by atoms with Gasteiger partial charge in [-0.25, -0.2) is 8.42 Å². The predicted molar refractivity (Wildman–Crippen MR) is 97.3 cm³/mol. The first kappa shape index (κ1) is 20.6. The van der Waals surface area contributed by atoms with Crippen molar-refractivity contribution in [3.05, 3.63) is 23.2 Å². The lowest BCUT2D eigenvalue weighted by Gasteiger charge is -2.29. The van der Waals surface area contributed by atoms with Crippen LogP contribution in [0.1, 0.15) is 33.6 Å². The van der Waals surface area contributed by atoms with Crippen LogP contribution in [0.15, 0.2) is 18.2 Å². The lowest BCUT2D eigenvalue weighted by Crippen LogP contribution is -2.49. The molecule has 2 atom stereocenters. The molecule has 136 valence electrons. The Balaban J connectivity index is 3.14. The molecule has 24 heavy (non-hydrogen) atoms. The number of rotatable bonds is 8. The van der Waals surface area contributed by atoms with Crippen LogP contribution in [0, 0.1) is 0 Å². The number of carbonyl (C=O) groups is 1. The van der Waals surface area contributed by atoms with Gasteiger partial charge in [-0.1, -0.05) is 24.9 Å². The zero-order valence-corrected chi connectivity index (χ0v) is 16.2. The SMILES string of the molecule is CCC[C@@H](C)NC(=O)[C@H](C)N(c1ccc(OC)c(Cl)c1)S(C)(=O)=O. The molecule has 0 aliphatic rings. The number of amides is 1. The quantitative estimate of drug-likeness (QED) is 0.756. The van der Waals surface area contributed by atoms with Crippen LogP contribution >= 0.6 is 11.6 Å². The number of ether oxygens (including phenoxy) is 1. The molecule has 0 saturated carbocycles. The summed E-state index contributed by atoms with van der Waals surface area (Å²) >= 11 is 6.09. The second kappa shape index (κ2) is 8.58. The average Bonchev–Trinajstić information content (AvgIpc) is 2.46. The first-order valence-electron chi connectivity index (χ1n) is 7.75. The number of halogens is 1. The number of nitrogens with one attached hydrogen (secondary N) is 1. The Morgan fingerprint density at radius 3 is 2.46 bits per heavy atom. The van der Waals surface area contributed by atoms with Crippen molar-refractivity contribution < 1.29 is 17.9 Å². The topological polar surface area (TPSA) is 75.7 Å². The molecule has 0 saturated heterocycles. The number of carbonyl (C=O) groups excluding carboxylic acids is 1. The maximum Gasteiger partial charge on any atom is 0.243 e. The van der Waals surface area contributed by atoms with Gasteiger partial charge in [0.2, 0.25) is 15.9 Å². The lowest BCUT2D eigenvalue weighted by molar-refractivity contribution is -0.122. The third-order valence-electron chi connectivity index (χ3n) is 3.59. The van der Waals surface area contributed by atoms with Crippen molar-refractivity contribution >= 4 is 33.2 Å². The van der Waals surface area contributed by atoms with Crippen molar-refractivity contribution in [2.75, 3.05) is 17.7 Å². The second-order valence-corrected chi connectivity index (χ2v) is 8.02. The molecule has 1 rings (SSSR count). The molecule has 0 spiro atoms. The zero-order valence-electron chi connectivity index (χ0n) is 14.7. The smallest absolute Gasteiger partial charge is 0.243 e. The number of nitrogens with zero attached hydrogens (tertiary/aromatic N) is 1. The summed E-state index contributed by atoms with van der Waals surface area (Å²) in [4.78, 5) is 12.4. The van der Waals surface area contributed by atoms with Crippen LogP contribution in [0.4, 0.5) is 5.69 Å². The van der Waals surface area contributed by atoms with Crippen molar-refractivity contribution in [3.8, 4) is 5.75 Å². The molecule has 8 heteroatoms. The highest BCUT2D eigenvalue weighted by Gasteiger charge is 2.30. The van der Waals surface area contributed by atoms with Crippen molar-refractivity contribution in [1.82, 2.24) is 5.32 Å². The van der Waals surface area contributed by atoms with Crippen LogP contribution in [0.2, 0.25) is 5.02 Å². The van der Waals surface area contributed by atoms with Gasteiger partial charge in [0.1, 0.15) is 11.8 Å². The van der Waals surface area contributed by atoms with Crippen LogP contribution in [0.25, 0.3) is 0 Å². The summed E-state index contributed by atoms with van der Waals surface area (Å²) in [6.07, 6.45) is 2.82. The first-order valence-corrected chi connectivity index (χ1v) is 9.97. The fraction of sp³-hybridized carbons (Fsp3) is 0.562. The van der Waals surface area contributed by atoms with Gasteiger partial charge in [-0.15, -0.1) is 0 Å². The van der Waals surface area contributed by atoms with Gasteiger partial charge < -0.3 is 10.1 Å². The molecule has 0 aliphatic carbocycles. The van der Waals surface area contributed by atoms with E-state index in [1.807, 2.05) is 13.8 Å². The molecule has 1 aromatic carbocycles. The first-order chi connectivity index (χ1) is 11.1. The second-order valence-electron chi connectivity index (χ2n) is 5.75. The lowest BCUT2D eigenvalue weighted by atomic mass is 10.2. The number of benzene rings is 1. The van der Waals surface area contributed by atoms with Gasteiger partial charge in [0, 0.05) is 6.04 Å². The van der Waals surface area contributed by atoms with Gasteiger partial charge in [0.25, 0.3) is 0 Å². The van der Waals surface area contributed by atoms with E-state index < -0.39 is 16.1 Å². The summed E-state index contributed by atoms with van der Waals surface area (Å²) in [5.74, 6) is 0.0795. The molecular formula is C16H25ClN2O4S. The summed E-state index contributed by atoms with van der Waals surface area (Å²) in [7, 11) is -2.20. The molecule has 0 aliphatic heterocycles. The Morgan fingerprint density at radius 1 is 1.38 bits per heavy atom. The fourth-order valence-corrected chi connectivity index (χ4v) is 3.89.